The van der Waals surface area contributed by atoms with Crippen LogP contribution in [-0.2, 0) is 15.4 Å². The summed E-state index contributed by atoms with van der Waals surface area (Å²) in [4.78, 5) is 0. The zero-order valence-corrected chi connectivity index (χ0v) is 8.29. The lowest BCUT2D eigenvalue weighted by Crippen LogP contribution is -2.29. The van der Waals surface area contributed by atoms with E-state index in [1.807, 2.05) is 0 Å². The molecule has 0 fully saturated rings. The minimum absolute atomic E-state index is 0.0793. The van der Waals surface area contributed by atoms with Crippen LogP contribution in [0.2, 0.25) is 0 Å². The van der Waals surface area contributed by atoms with Crippen molar-refractivity contribution < 1.29 is 8.39 Å². The Kier molecular flexibility index (Phi) is 2.55. The Morgan fingerprint density at radius 2 is 2.42 bits per heavy atom. The molecule has 0 aromatic carbocycles. The summed E-state index contributed by atoms with van der Waals surface area (Å²) < 4.78 is 19.5. The van der Waals surface area contributed by atoms with E-state index in [-0.39, 0.29) is 5.17 Å². The van der Waals surface area contributed by atoms with Crippen LogP contribution in [0.15, 0.2) is 4.40 Å². The number of hydrogen-bond acceptors (Lipinski definition) is 4. The quantitative estimate of drug-likeness (QED) is 0.444. The Balaban J connectivity index is 2.81. The molecule has 3 N–H and O–H groups in total. The summed E-state index contributed by atoms with van der Waals surface area (Å²) in [6.45, 7) is 3.46. The first-order valence-corrected chi connectivity index (χ1v) is 4.99. The molecule has 0 bridgehead atoms. The molecule has 0 aromatic rings. The Labute approximate surface area is 77.1 Å². The van der Waals surface area contributed by atoms with Gasteiger partial charge in [-0.2, -0.15) is 4.40 Å². The molecule has 1 unspecified atom stereocenters. The van der Waals surface area contributed by atoms with Crippen LogP contribution in [0.25, 0.3) is 0 Å². The van der Waals surface area contributed by atoms with Crippen molar-refractivity contribution in [3.8, 4) is 0 Å². The summed E-state index contributed by atoms with van der Waals surface area (Å²) in [6.07, 6.45) is 0. The minimum Gasteiger partial charge on any atom is -0.378 e. The fourth-order valence-corrected chi connectivity index (χ4v) is 2.36. The highest BCUT2D eigenvalue weighted by atomic mass is 32.2. The third-order valence-corrected chi connectivity index (χ3v) is 3.16. The normalized spacial score (nSPS) is 26.8. The van der Waals surface area contributed by atoms with Gasteiger partial charge in [0.05, 0.1) is 0 Å². The molecule has 1 aliphatic heterocycles. The van der Waals surface area contributed by atoms with E-state index in [0.717, 1.165) is 11.8 Å². The van der Waals surface area contributed by atoms with E-state index in [4.69, 9.17) is 15.3 Å². The molecule has 12 heavy (non-hydrogen) atoms. The zero-order chi connectivity index (χ0) is 9.35. The van der Waals surface area contributed by atoms with Gasteiger partial charge >= 0.3 is 0 Å². The van der Waals surface area contributed by atoms with Crippen molar-refractivity contribution in [1.82, 2.24) is 0 Å². The molecule has 1 heterocycles. The second-order valence-corrected chi connectivity index (χ2v) is 4.49. The van der Waals surface area contributed by atoms with E-state index in [1.54, 1.807) is 13.8 Å². The van der Waals surface area contributed by atoms with Gasteiger partial charge in [-0.05, 0) is 25.6 Å². The van der Waals surface area contributed by atoms with Crippen LogP contribution in [-0.4, -0.2) is 20.0 Å². The van der Waals surface area contributed by atoms with Crippen molar-refractivity contribution in [3.05, 3.63) is 0 Å². The van der Waals surface area contributed by atoms with Crippen LogP contribution >= 0.6 is 11.8 Å². The maximum Gasteiger partial charge on any atom is 0.286 e. The Hall–Kier alpha value is -0.400. The average molecular weight is 207 g/mol. The number of nitrogens with two attached hydrogens (primary N) is 1. The van der Waals surface area contributed by atoms with Crippen molar-refractivity contribution in [1.29, 1.82) is 5.41 Å². The van der Waals surface area contributed by atoms with Gasteiger partial charge in [0.2, 0.25) is 0 Å². The monoisotopic (exact) mass is 207 g/mol. The number of rotatable bonds is 0. The summed E-state index contributed by atoms with van der Waals surface area (Å²) in [6, 6.07) is 0. The van der Waals surface area contributed by atoms with Crippen LogP contribution in [0.1, 0.15) is 13.8 Å². The molecule has 0 radical (unpaired) electrons. The van der Waals surface area contributed by atoms with Gasteiger partial charge in [-0.3, -0.25) is 9.59 Å². The number of nitrogens with one attached hydrogen (secondary N) is 1. The predicted octanol–water partition coefficient (Wildman–Crippen LogP) is 0.399. The van der Waals surface area contributed by atoms with Crippen LogP contribution in [0.4, 0.5) is 0 Å². The molecule has 7 heteroatoms. The lowest BCUT2D eigenvalue weighted by atomic mass is 10.2. The van der Waals surface area contributed by atoms with E-state index in [0.29, 0.717) is 5.04 Å². The van der Waals surface area contributed by atoms with Crippen molar-refractivity contribution in [3.63, 3.8) is 0 Å². The Morgan fingerprint density at radius 3 is 2.75 bits per heavy atom. The van der Waals surface area contributed by atoms with Crippen molar-refractivity contribution >= 4 is 33.2 Å². The van der Waals surface area contributed by atoms with Crippen molar-refractivity contribution in [2.45, 2.75) is 19.4 Å². The van der Waals surface area contributed by atoms with Crippen LogP contribution in [0.3, 0.4) is 0 Å². The number of thioether (sulfide) groups is 1. The van der Waals surface area contributed by atoms with Gasteiger partial charge in [0.15, 0.2) is 5.17 Å². The number of nitrogens with zero attached hydrogens (tertiary/aromatic N) is 1. The van der Waals surface area contributed by atoms with Crippen molar-refractivity contribution in [2.24, 2.45) is 10.1 Å². The van der Waals surface area contributed by atoms with E-state index in [1.165, 1.54) is 0 Å². The summed E-state index contributed by atoms with van der Waals surface area (Å²) in [5, 5.41) is 7.41. The van der Waals surface area contributed by atoms with E-state index >= 15 is 0 Å². The van der Waals surface area contributed by atoms with Gasteiger partial charge in [-0.25, -0.2) is 4.21 Å². The summed E-state index contributed by atoms with van der Waals surface area (Å²) in [7, 11) is 0. The molecule has 0 spiro atoms. The van der Waals surface area contributed by atoms with Crippen LogP contribution in [0.5, 0.6) is 0 Å². The fourth-order valence-electron chi connectivity index (χ4n) is 0.656. The van der Waals surface area contributed by atoms with E-state index < -0.39 is 16.9 Å². The SMILES string of the molecule is CC1(C)OS(=O)N=C1SC(=N)N. The largest absolute Gasteiger partial charge is 0.378 e. The molecule has 1 aliphatic rings. The second-order valence-electron chi connectivity index (χ2n) is 2.67. The highest BCUT2D eigenvalue weighted by molar-refractivity contribution is 8.27. The molecule has 0 amide bonds. The Morgan fingerprint density at radius 1 is 1.83 bits per heavy atom. The lowest BCUT2D eigenvalue weighted by molar-refractivity contribution is 0.221. The summed E-state index contributed by atoms with van der Waals surface area (Å²) in [5.74, 6) is 0. The van der Waals surface area contributed by atoms with Gasteiger partial charge in [0.1, 0.15) is 10.6 Å². The molecule has 5 nitrogen and oxygen atoms in total. The molecule has 0 aliphatic carbocycles. The first kappa shape index (κ1) is 9.69. The van der Waals surface area contributed by atoms with Crippen LogP contribution in [0, 0.1) is 5.41 Å². The smallest absolute Gasteiger partial charge is 0.286 e. The first-order valence-electron chi connectivity index (χ1n) is 3.14. The van der Waals surface area contributed by atoms with Gasteiger partial charge < -0.3 is 5.73 Å². The zero-order valence-electron chi connectivity index (χ0n) is 6.66. The molecular formula is C5H9N3O2S2. The van der Waals surface area contributed by atoms with E-state index in [9.17, 15) is 4.21 Å². The topological polar surface area (TPSA) is 88.5 Å². The fraction of sp³-hybridized carbons (Fsp3) is 0.600. The molecular weight excluding hydrogens is 198 g/mol. The van der Waals surface area contributed by atoms with E-state index in [2.05, 4.69) is 4.40 Å². The van der Waals surface area contributed by atoms with Crippen LogP contribution < -0.4 is 5.73 Å². The van der Waals surface area contributed by atoms with Gasteiger partial charge in [-0.1, -0.05) is 0 Å². The average Bonchev–Trinajstić information content (AvgIpc) is 2.04. The Bertz CT molecular complexity index is 274. The van der Waals surface area contributed by atoms with Gasteiger partial charge in [-0.15, -0.1) is 0 Å². The summed E-state index contributed by atoms with van der Waals surface area (Å²) >= 11 is -0.658. The molecule has 1 atom stereocenters. The maximum absolute atomic E-state index is 10.8. The highest BCUT2D eigenvalue weighted by Crippen LogP contribution is 2.28. The first-order chi connectivity index (χ1) is 5.42. The number of amidine groups is 1. The van der Waals surface area contributed by atoms with Gasteiger partial charge in [0.25, 0.3) is 11.3 Å². The maximum atomic E-state index is 10.8. The molecule has 0 saturated carbocycles. The summed E-state index contributed by atoms with van der Waals surface area (Å²) in [5.41, 5.74) is 4.46. The van der Waals surface area contributed by atoms with Gasteiger partial charge in [0, 0.05) is 0 Å². The molecule has 68 valence electrons. The molecule has 1 rings (SSSR count). The second kappa shape index (κ2) is 3.15. The van der Waals surface area contributed by atoms with Crippen molar-refractivity contribution in [2.75, 3.05) is 0 Å². The third-order valence-electron chi connectivity index (χ3n) is 1.16. The lowest BCUT2D eigenvalue weighted by Gasteiger charge is -2.15. The standard InChI is InChI=1S/C5H9N3O2S2/c1-5(2)3(11-4(6)7)8-12(9)10-5/h1-2H3,(H3,6,7). The predicted molar refractivity (Wildman–Crippen MR) is 50.2 cm³/mol. The molecule has 0 aromatic heterocycles. The number of hydrogen-bond donors (Lipinski definition) is 2. The molecule has 0 saturated heterocycles. The third kappa shape index (κ3) is 2.05. The minimum atomic E-state index is -1.62. The highest BCUT2D eigenvalue weighted by Gasteiger charge is 2.36.